The molecule has 0 aliphatic rings. The Morgan fingerprint density at radius 1 is 1.55 bits per heavy atom. The van der Waals surface area contributed by atoms with Gasteiger partial charge in [0.25, 0.3) is 0 Å². The number of halogens is 3. The van der Waals surface area contributed by atoms with Crippen molar-refractivity contribution in [3.8, 4) is 0 Å². The summed E-state index contributed by atoms with van der Waals surface area (Å²) in [5.41, 5.74) is -1.18. The lowest BCUT2D eigenvalue weighted by Crippen LogP contribution is -1.92. The predicted molar refractivity (Wildman–Crippen MR) is 44.9 cm³/mol. The first-order valence-electron chi connectivity index (χ1n) is 2.88. The van der Waals surface area contributed by atoms with Crippen LogP contribution in [0.4, 0.5) is 4.39 Å². The first kappa shape index (κ1) is 8.97. The third kappa shape index (κ3) is 2.15. The van der Waals surface area contributed by atoms with Gasteiger partial charge in [0.1, 0.15) is 5.82 Å². The summed E-state index contributed by atoms with van der Waals surface area (Å²) in [7, 11) is 0. The van der Waals surface area contributed by atoms with Gasteiger partial charge in [0, 0.05) is 10.0 Å². The molecule has 1 aromatic rings. The molecule has 60 valence electrons. The minimum absolute atomic E-state index is 0.0925. The van der Waals surface area contributed by atoms with Gasteiger partial charge in [-0.2, -0.15) is 0 Å². The van der Waals surface area contributed by atoms with E-state index < -0.39 is 11.4 Å². The first-order valence-corrected chi connectivity index (χ1v) is 4.11. The number of aliphatic hydroxyl groups excluding tert-OH is 1. The number of benzene rings is 1. The molecule has 0 amide bonds. The number of hydrogen-bond donors (Lipinski definition) is 1. The molecular formula is C7H5BrClFO. The normalized spacial score (nSPS) is 13.1. The zero-order valence-electron chi connectivity index (χ0n) is 5.39. The molecule has 1 N–H and O–H groups in total. The smallest absolute Gasteiger partial charge is 0.156 e. The SMILES string of the molecule is OC(Cl)c1ccc(Br)cc1F. The van der Waals surface area contributed by atoms with Crippen molar-refractivity contribution in [2.45, 2.75) is 5.56 Å². The maximum Gasteiger partial charge on any atom is 0.156 e. The molecule has 0 bridgehead atoms. The van der Waals surface area contributed by atoms with Crippen molar-refractivity contribution in [3.63, 3.8) is 0 Å². The van der Waals surface area contributed by atoms with Gasteiger partial charge in [-0.3, -0.25) is 0 Å². The Bertz CT molecular complexity index is 265. The zero-order chi connectivity index (χ0) is 8.43. The number of alkyl halides is 1. The summed E-state index contributed by atoms with van der Waals surface area (Å²) in [5.74, 6) is -0.512. The van der Waals surface area contributed by atoms with Gasteiger partial charge in [-0.1, -0.05) is 33.6 Å². The van der Waals surface area contributed by atoms with Crippen LogP contribution in [0.25, 0.3) is 0 Å². The summed E-state index contributed by atoms with van der Waals surface area (Å²) in [6.07, 6.45) is 0. The molecule has 1 nitrogen and oxygen atoms in total. The van der Waals surface area contributed by atoms with Crippen LogP contribution >= 0.6 is 27.5 Å². The molecule has 0 fully saturated rings. The van der Waals surface area contributed by atoms with E-state index in [-0.39, 0.29) is 5.56 Å². The molecule has 1 atom stereocenters. The summed E-state index contributed by atoms with van der Waals surface area (Å²) in [5, 5.41) is 8.81. The highest BCUT2D eigenvalue weighted by Crippen LogP contribution is 2.22. The standard InChI is InChI=1S/C7H5BrClFO/c8-4-1-2-5(7(9)11)6(10)3-4/h1-3,7,11H. The van der Waals surface area contributed by atoms with E-state index in [2.05, 4.69) is 15.9 Å². The van der Waals surface area contributed by atoms with E-state index in [1.807, 2.05) is 0 Å². The second-order valence-electron chi connectivity index (χ2n) is 2.00. The highest BCUT2D eigenvalue weighted by Gasteiger charge is 2.08. The Labute approximate surface area is 76.9 Å². The number of rotatable bonds is 1. The molecule has 4 heteroatoms. The molecule has 0 saturated heterocycles. The molecule has 0 radical (unpaired) electrons. The van der Waals surface area contributed by atoms with Gasteiger partial charge in [-0.15, -0.1) is 0 Å². The fourth-order valence-corrected chi connectivity index (χ4v) is 1.20. The molecule has 0 spiro atoms. The highest BCUT2D eigenvalue weighted by atomic mass is 79.9. The lowest BCUT2D eigenvalue weighted by atomic mass is 10.2. The van der Waals surface area contributed by atoms with Crippen LogP contribution in [0.3, 0.4) is 0 Å². The molecule has 0 saturated carbocycles. The van der Waals surface area contributed by atoms with Gasteiger partial charge in [-0.25, -0.2) is 4.39 Å². The van der Waals surface area contributed by atoms with Gasteiger partial charge in [0.05, 0.1) is 0 Å². The molecule has 0 aromatic heterocycles. The van der Waals surface area contributed by atoms with E-state index in [0.717, 1.165) is 0 Å². The molecule has 1 unspecified atom stereocenters. The maximum absolute atomic E-state index is 12.8. The van der Waals surface area contributed by atoms with E-state index in [0.29, 0.717) is 4.47 Å². The van der Waals surface area contributed by atoms with Crippen molar-refractivity contribution >= 4 is 27.5 Å². The summed E-state index contributed by atoms with van der Waals surface area (Å²) >= 11 is 8.34. The Morgan fingerprint density at radius 3 is 2.64 bits per heavy atom. The van der Waals surface area contributed by atoms with Crippen molar-refractivity contribution in [1.82, 2.24) is 0 Å². The fraction of sp³-hybridized carbons (Fsp3) is 0.143. The topological polar surface area (TPSA) is 20.2 Å². The Morgan fingerprint density at radius 2 is 2.18 bits per heavy atom. The predicted octanol–water partition coefficient (Wildman–Crippen LogP) is 2.82. The summed E-state index contributed by atoms with van der Waals surface area (Å²) < 4.78 is 13.4. The molecule has 1 aromatic carbocycles. The van der Waals surface area contributed by atoms with Crippen molar-refractivity contribution in [2.75, 3.05) is 0 Å². The van der Waals surface area contributed by atoms with Gasteiger partial charge in [0.2, 0.25) is 0 Å². The van der Waals surface area contributed by atoms with E-state index in [4.69, 9.17) is 16.7 Å². The minimum atomic E-state index is -1.27. The average molecular weight is 239 g/mol. The summed E-state index contributed by atoms with van der Waals surface area (Å²) in [6, 6.07) is 4.29. The second-order valence-corrected chi connectivity index (χ2v) is 3.33. The molecule has 0 aliphatic heterocycles. The summed E-state index contributed by atoms with van der Waals surface area (Å²) in [4.78, 5) is 0. The van der Waals surface area contributed by atoms with E-state index in [9.17, 15) is 4.39 Å². The van der Waals surface area contributed by atoms with Crippen molar-refractivity contribution < 1.29 is 9.50 Å². The van der Waals surface area contributed by atoms with Crippen LogP contribution in [0.5, 0.6) is 0 Å². The maximum atomic E-state index is 12.8. The minimum Gasteiger partial charge on any atom is -0.373 e. The Balaban J connectivity index is 3.09. The third-order valence-corrected chi connectivity index (χ3v) is 1.95. The van der Waals surface area contributed by atoms with Gasteiger partial charge < -0.3 is 5.11 Å². The van der Waals surface area contributed by atoms with Gasteiger partial charge >= 0.3 is 0 Å². The monoisotopic (exact) mass is 238 g/mol. The number of hydrogen-bond acceptors (Lipinski definition) is 1. The molecule has 0 aliphatic carbocycles. The van der Waals surface area contributed by atoms with E-state index >= 15 is 0 Å². The van der Waals surface area contributed by atoms with Crippen molar-refractivity contribution in [2.24, 2.45) is 0 Å². The van der Waals surface area contributed by atoms with Crippen LogP contribution < -0.4 is 0 Å². The average Bonchev–Trinajstić information content (AvgIpc) is 1.85. The quantitative estimate of drug-likeness (QED) is 0.747. The van der Waals surface area contributed by atoms with Crippen LogP contribution in [0.15, 0.2) is 22.7 Å². The van der Waals surface area contributed by atoms with E-state index in [1.165, 1.54) is 12.1 Å². The lowest BCUT2D eigenvalue weighted by Gasteiger charge is -2.03. The molecule has 11 heavy (non-hydrogen) atoms. The third-order valence-electron chi connectivity index (χ3n) is 1.22. The largest absolute Gasteiger partial charge is 0.373 e. The van der Waals surface area contributed by atoms with Crippen LogP contribution in [-0.4, -0.2) is 5.11 Å². The van der Waals surface area contributed by atoms with Crippen molar-refractivity contribution in [1.29, 1.82) is 0 Å². The highest BCUT2D eigenvalue weighted by molar-refractivity contribution is 9.10. The Kier molecular flexibility index (Phi) is 2.87. The van der Waals surface area contributed by atoms with Crippen LogP contribution in [-0.2, 0) is 0 Å². The molecular weight excluding hydrogens is 234 g/mol. The molecule has 0 heterocycles. The van der Waals surface area contributed by atoms with E-state index in [1.54, 1.807) is 6.07 Å². The number of aliphatic hydroxyl groups is 1. The van der Waals surface area contributed by atoms with Crippen LogP contribution in [0.1, 0.15) is 11.1 Å². The van der Waals surface area contributed by atoms with Crippen LogP contribution in [0, 0.1) is 5.82 Å². The van der Waals surface area contributed by atoms with Gasteiger partial charge in [0.15, 0.2) is 5.56 Å². The fourth-order valence-electron chi connectivity index (χ4n) is 0.695. The zero-order valence-corrected chi connectivity index (χ0v) is 7.73. The van der Waals surface area contributed by atoms with Crippen molar-refractivity contribution in [3.05, 3.63) is 34.1 Å². The lowest BCUT2D eigenvalue weighted by molar-refractivity contribution is 0.257. The first-order chi connectivity index (χ1) is 5.11. The molecule has 1 rings (SSSR count). The van der Waals surface area contributed by atoms with Crippen LogP contribution in [0.2, 0.25) is 0 Å². The second kappa shape index (κ2) is 3.52. The Hall–Kier alpha value is -0.120. The summed E-state index contributed by atoms with van der Waals surface area (Å²) in [6.45, 7) is 0. The van der Waals surface area contributed by atoms with Gasteiger partial charge in [-0.05, 0) is 12.1 Å².